The van der Waals surface area contributed by atoms with Crippen molar-refractivity contribution in [3.63, 3.8) is 0 Å². The number of benzene rings is 1. The molecule has 25 heavy (non-hydrogen) atoms. The van der Waals surface area contributed by atoms with Crippen LogP contribution in [0.2, 0.25) is 0 Å². The number of amides is 1. The fraction of sp³-hybridized carbons (Fsp3) is 0.118. The van der Waals surface area contributed by atoms with E-state index < -0.39 is 11.9 Å². The van der Waals surface area contributed by atoms with Gasteiger partial charge >= 0.3 is 5.97 Å². The molecule has 0 aliphatic rings. The lowest BCUT2D eigenvalue weighted by Crippen LogP contribution is -2.15. The average molecular weight is 376 g/mol. The van der Waals surface area contributed by atoms with Crippen LogP contribution >= 0.6 is 22.7 Å². The van der Waals surface area contributed by atoms with Gasteiger partial charge in [-0.25, -0.2) is 14.2 Å². The Morgan fingerprint density at radius 1 is 1.24 bits per heavy atom. The van der Waals surface area contributed by atoms with Crippen molar-refractivity contribution in [2.24, 2.45) is 0 Å². The molecule has 0 unspecified atom stereocenters. The molecule has 2 heterocycles. The van der Waals surface area contributed by atoms with E-state index in [0.29, 0.717) is 16.1 Å². The number of aromatic nitrogens is 1. The Kier molecular flexibility index (Phi) is 5.20. The molecule has 3 aromatic rings. The molecule has 0 bridgehead atoms. The highest BCUT2D eigenvalue weighted by atomic mass is 32.1. The van der Waals surface area contributed by atoms with Crippen LogP contribution in [0, 0.1) is 5.82 Å². The monoisotopic (exact) mass is 376 g/mol. The third-order valence-electron chi connectivity index (χ3n) is 3.32. The molecule has 0 atom stereocenters. The third-order valence-corrected chi connectivity index (χ3v) is 4.80. The van der Waals surface area contributed by atoms with E-state index in [1.54, 1.807) is 35.3 Å². The zero-order valence-corrected chi connectivity index (χ0v) is 14.7. The number of esters is 1. The summed E-state index contributed by atoms with van der Waals surface area (Å²) in [6, 6.07) is 5.78. The van der Waals surface area contributed by atoms with Crippen molar-refractivity contribution in [1.82, 2.24) is 4.98 Å². The van der Waals surface area contributed by atoms with Gasteiger partial charge in [-0.05, 0) is 24.6 Å². The SMILES string of the molecule is CCOC(=O)c1c(-c2ccc(F)cc2)csc1NC(=O)c1cscn1. The number of hydrogen-bond acceptors (Lipinski definition) is 6. The maximum Gasteiger partial charge on any atom is 0.341 e. The summed E-state index contributed by atoms with van der Waals surface area (Å²) in [6.45, 7) is 1.91. The Bertz CT molecular complexity index is 889. The van der Waals surface area contributed by atoms with E-state index in [2.05, 4.69) is 10.3 Å². The van der Waals surface area contributed by atoms with E-state index in [9.17, 15) is 14.0 Å². The lowest BCUT2D eigenvalue weighted by molar-refractivity contribution is 0.0529. The minimum absolute atomic E-state index is 0.205. The second-order valence-electron chi connectivity index (χ2n) is 4.91. The van der Waals surface area contributed by atoms with Crippen molar-refractivity contribution < 1.29 is 18.7 Å². The zero-order chi connectivity index (χ0) is 17.8. The molecule has 1 amide bonds. The number of ether oxygens (including phenoxy) is 1. The zero-order valence-electron chi connectivity index (χ0n) is 13.1. The number of carbonyl (C=O) groups is 2. The molecule has 0 aliphatic carbocycles. The van der Waals surface area contributed by atoms with Crippen LogP contribution in [-0.4, -0.2) is 23.5 Å². The Morgan fingerprint density at radius 2 is 2.00 bits per heavy atom. The van der Waals surface area contributed by atoms with Gasteiger partial charge in [0.05, 0.1) is 12.1 Å². The number of halogens is 1. The molecule has 5 nitrogen and oxygen atoms in total. The van der Waals surface area contributed by atoms with Gasteiger partial charge in [0.25, 0.3) is 5.91 Å². The van der Waals surface area contributed by atoms with E-state index in [0.717, 1.165) is 0 Å². The van der Waals surface area contributed by atoms with E-state index in [4.69, 9.17) is 4.74 Å². The number of anilines is 1. The number of nitrogens with zero attached hydrogens (tertiary/aromatic N) is 1. The molecule has 0 saturated heterocycles. The lowest BCUT2D eigenvalue weighted by atomic mass is 10.0. The Labute approximate surface area is 151 Å². The van der Waals surface area contributed by atoms with Crippen LogP contribution in [0.3, 0.4) is 0 Å². The molecule has 1 N–H and O–H groups in total. The van der Waals surface area contributed by atoms with Crippen LogP contribution in [0.5, 0.6) is 0 Å². The summed E-state index contributed by atoms with van der Waals surface area (Å²) >= 11 is 2.51. The number of thiazole rings is 1. The molecule has 2 aromatic heterocycles. The van der Waals surface area contributed by atoms with Crippen molar-refractivity contribution in [2.45, 2.75) is 6.92 Å². The van der Waals surface area contributed by atoms with Gasteiger partial charge in [0.2, 0.25) is 0 Å². The largest absolute Gasteiger partial charge is 0.462 e. The standard InChI is InChI=1S/C17H13FN2O3S2/c1-2-23-17(22)14-12(10-3-5-11(18)6-4-10)7-25-16(14)20-15(21)13-8-24-9-19-13/h3-9H,2H2,1H3,(H,20,21). The van der Waals surface area contributed by atoms with E-state index >= 15 is 0 Å². The highest BCUT2D eigenvalue weighted by Crippen LogP contribution is 2.36. The maximum absolute atomic E-state index is 13.2. The minimum atomic E-state index is -0.545. The maximum atomic E-state index is 13.2. The Hall–Kier alpha value is -2.58. The first kappa shape index (κ1) is 17.2. The van der Waals surface area contributed by atoms with Crippen molar-refractivity contribution in [2.75, 3.05) is 11.9 Å². The minimum Gasteiger partial charge on any atom is -0.462 e. The van der Waals surface area contributed by atoms with Gasteiger partial charge in [-0.1, -0.05) is 12.1 Å². The molecule has 0 spiro atoms. The van der Waals surface area contributed by atoms with Gasteiger partial charge in [-0.2, -0.15) is 0 Å². The summed E-state index contributed by atoms with van der Waals surface area (Å²) in [7, 11) is 0. The number of thiophene rings is 1. The first-order valence-corrected chi connectivity index (χ1v) is 9.16. The first-order valence-electron chi connectivity index (χ1n) is 7.34. The van der Waals surface area contributed by atoms with E-state index in [-0.39, 0.29) is 23.7 Å². The summed E-state index contributed by atoms with van der Waals surface area (Å²) < 4.78 is 18.3. The predicted molar refractivity (Wildman–Crippen MR) is 95.7 cm³/mol. The highest BCUT2D eigenvalue weighted by molar-refractivity contribution is 7.15. The molecule has 0 saturated carbocycles. The summed E-state index contributed by atoms with van der Waals surface area (Å²) in [5.74, 6) is -1.32. The highest BCUT2D eigenvalue weighted by Gasteiger charge is 2.23. The van der Waals surface area contributed by atoms with E-state index in [1.165, 1.54) is 34.8 Å². The molecule has 8 heteroatoms. The normalized spacial score (nSPS) is 10.5. The first-order chi connectivity index (χ1) is 12.1. The number of rotatable bonds is 5. The molecule has 0 aliphatic heterocycles. The van der Waals surface area contributed by atoms with Crippen molar-refractivity contribution in [3.05, 3.63) is 57.6 Å². The third kappa shape index (κ3) is 3.75. The van der Waals surface area contributed by atoms with Gasteiger partial charge in [-0.15, -0.1) is 22.7 Å². The lowest BCUT2D eigenvalue weighted by Gasteiger charge is -2.08. The number of hydrogen-bond donors (Lipinski definition) is 1. The average Bonchev–Trinajstić information content (AvgIpc) is 3.25. The fourth-order valence-corrected chi connectivity index (χ4v) is 3.67. The van der Waals surface area contributed by atoms with Crippen molar-refractivity contribution in [3.8, 4) is 11.1 Å². The van der Waals surface area contributed by atoms with Gasteiger partial charge in [0.15, 0.2) is 0 Å². The number of carbonyl (C=O) groups excluding carboxylic acids is 2. The quantitative estimate of drug-likeness (QED) is 0.669. The molecule has 0 fully saturated rings. The van der Waals surface area contributed by atoms with Crippen LogP contribution in [0.1, 0.15) is 27.8 Å². The summed E-state index contributed by atoms with van der Waals surface area (Å²) in [5, 5.41) is 6.42. The summed E-state index contributed by atoms with van der Waals surface area (Å²) in [6.07, 6.45) is 0. The van der Waals surface area contributed by atoms with Crippen LogP contribution in [0.15, 0.2) is 40.5 Å². The Balaban J connectivity index is 1.99. The predicted octanol–water partition coefficient (Wildman–Crippen LogP) is 4.44. The van der Waals surface area contributed by atoms with Gasteiger partial charge in [-0.3, -0.25) is 4.79 Å². The molecule has 0 radical (unpaired) electrons. The van der Waals surface area contributed by atoms with Crippen LogP contribution in [-0.2, 0) is 4.74 Å². The topological polar surface area (TPSA) is 68.3 Å². The second kappa shape index (κ2) is 7.54. The van der Waals surface area contributed by atoms with E-state index in [1.807, 2.05) is 0 Å². The van der Waals surface area contributed by atoms with Crippen LogP contribution < -0.4 is 5.32 Å². The second-order valence-corrected chi connectivity index (χ2v) is 6.51. The van der Waals surface area contributed by atoms with Crippen LogP contribution in [0.25, 0.3) is 11.1 Å². The summed E-state index contributed by atoms with van der Waals surface area (Å²) in [4.78, 5) is 28.6. The van der Waals surface area contributed by atoms with Gasteiger partial charge < -0.3 is 10.1 Å². The molecule has 1 aromatic carbocycles. The molecule has 128 valence electrons. The van der Waals surface area contributed by atoms with Crippen molar-refractivity contribution in [1.29, 1.82) is 0 Å². The fourth-order valence-electron chi connectivity index (χ4n) is 2.19. The van der Waals surface area contributed by atoms with Gasteiger partial charge in [0.1, 0.15) is 22.1 Å². The van der Waals surface area contributed by atoms with Gasteiger partial charge in [0, 0.05) is 16.3 Å². The molecular weight excluding hydrogens is 363 g/mol. The Morgan fingerprint density at radius 3 is 2.64 bits per heavy atom. The van der Waals surface area contributed by atoms with Crippen molar-refractivity contribution >= 4 is 39.6 Å². The number of nitrogens with one attached hydrogen (secondary N) is 1. The van der Waals surface area contributed by atoms with Crippen LogP contribution in [0.4, 0.5) is 9.39 Å². The molecule has 3 rings (SSSR count). The molecular formula is C17H13FN2O3S2. The smallest absolute Gasteiger partial charge is 0.341 e. The summed E-state index contributed by atoms with van der Waals surface area (Å²) in [5.41, 5.74) is 3.32.